The highest BCUT2D eigenvalue weighted by atomic mass is 16.6. The van der Waals surface area contributed by atoms with E-state index >= 15 is 0 Å². The maximum atomic E-state index is 14.1. The van der Waals surface area contributed by atoms with E-state index in [9.17, 15) is 14.7 Å². The highest BCUT2D eigenvalue weighted by molar-refractivity contribution is 5.93. The molecule has 2 amide bonds. The molecule has 35 heavy (non-hydrogen) atoms. The number of benzene rings is 3. The lowest BCUT2D eigenvalue weighted by Gasteiger charge is -2.45. The number of carbonyl (C=O) groups excluding carboxylic acids is 2. The first-order valence-electron chi connectivity index (χ1n) is 12.1. The number of aliphatic hydroxyl groups excluding tert-OH is 1. The van der Waals surface area contributed by atoms with E-state index < -0.39 is 24.0 Å². The van der Waals surface area contributed by atoms with Crippen LogP contribution in [0.15, 0.2) is 91.0 Å². The minimum absolute atomic E-state index is 0.133. The molecule has 0 radical (unpaired) electrons. The fourth-order valence-corrected chi connectivity index (χ4v) is 4.70. The van der Waals surface area contributed by atoms with Crippen molar-refractivity contribution in [2.24, 2.45) is 5.92 Å². The summed E-state index contributed by atoms with van der Waals surface area (Å²) in [7, 11) is 0. The molecule has 1 N–H and O–H groups in total. The van der Waals surface area contributed by atoms with Gasteiger partial charge in [0.2, 0.25) is 0 Å². The van der Waals surface area contributed by atoms with Gasteiger partial charge in [-0.15, -0.1) is 0 Å². The molecule has 6 heteroatoms. The predicted molar refractivity (Wildman–Crippen MR) is 134 cm³/mol. The molecule has 1 heterocycles. The third-order valence-electron chi connectivity index (χ3n) is 6.37. The Balaban J connectivity index is 1.67. The lowest BCUT2D eigenvalue weighted by Crippen LogP contribution is -2.64. The Bertz CT molecular complexity index is 1110. The van der Waals surface area contributed by atoms with Gasteiger partial charge >= 0.3 is 6.09 Å². The zero-order chi connectivity index (χ0) is 24.8. The van der Waals surface area contributed by atoms with Crippen LogP contribution in [0.25, 0.3) is 0 Å². The third-order valence-corrected chi connectivity index (χ3v) is 6.37. The average molecular weight is 473 g/mol. The fourth-order valence-electron chi connectivity index (χ4n) is 4.70. The van der Waals surface area contributed by atoms with Crippen LogP contribution in [0.1, 0.15) is 36.6 Å². The van der Waals surface area contributed by atoms with Crippen LogP contribution < -0.4 is 0 Å². The highest BCUT2D eigenvalue weighted by Gasteiger charge is 2.44. The van der Waals surface area contributed by atoms with Gasteiger partial charge in [-0.3, -0.25) is 4.79 Å². The van der Waals surface area contributed by atoms with Crippen LogP contribution in [0.2, 0.25) is 0 Å². The summed E-state index contributed by atoms with van der Waals surface area (Å²) < 4.78 is 5.51. The molecule has 3 atom stereocenters. The summed E-state index contributed by atoms with van der Waals surface area (Å²) in [5.41, 5.74) is 2.63. The first-order valence-corrected chi connectivity index (χ1v) is 12.1. The number of hydrazine groups is 1. The molecule has 3 aromatic rings. The van der Waals surface area contributed by atoms with Crippen molar-refractivity contribution in [3.8, 4) is 0 Å². The maximum absolute atomic E-state index is 14.1. The molecule has 1 aliphatic rings. The van der Waals surface area contributed by atoms with Crippen molar-refractivity contribution >= 4 is 12.0 Å². The molecule has 0 aromatic heterocycles. The van der Waals surface area contributed by atoms with Gasteiger partial charge in [0, 0.05) is 6.04 Å². The maximum Gasteiger partial charge on any atom is 0.431 e. The predicted octanol–water partition coefficient (Wildman–Crippen LogP) is 4.79. The molecule has 0 aliphatic carbocycles. The van der Waals surface area contributed by atoms with Crippen LogP contribution in [0.5, 0.6) is 0 Å². The molecule has 0 spiro atoms. The van der Waals surface area contributed by atoms with Crippen LogP contribution in [0.3, 0.4) is 0 Å². The summed E-state index contributed by atoms with van der Waals surface area (Å²) in [5, 5.41) is 14.3. The zero-order valence-corrected chi connectivity index (χ0v) is 20.2. The van der Waals surface area contributed by atoms with E-state index in [1.165, 1.54) is 0 Å². The lowest BCUT2D eigenvalue weighted by atomic mass is 9.88. The van der Waals surface area contributed by atoms with Crippen LogP contribution in [-0.4, -0.2) is 45.8 Å². The number of amides is 2. The highest BCUT2D eigenvalue weighted by Crippen LogP contribution is 2.31. The Kier molecular flexibility index (Phi) is 7.95. The quantitative estimate of drug-likeness (QED) is 0.510. The van der Waals surface area contributed by atoms with E-state index in [1.54, 1.807) is 12.1 Å². The molecular formula is C29H32N2O4. The summed E-state index contributed by atoms with van der Waals surface area (Å²) in [6.45, 7) is 4.10. The van der Waals surface area contributed by atoms with Crippen molar-refractivity contribution in [3.05, 3.63) is 108 Å². The number of ether oxygens (including phenoxy) is 1. The van der Waals surface area contributed by atoms with Crippen molar-refractivity contribution in [1.82, 2.24) is 10.0 Å². The Hall–Kier alpha value is -3.48. The molecule has 1 fully saturated rings. The average Bonchev–Trinajstić information content (AvgIpc) is 2.89. The van der Waals surface area contributed by atoms with Gasteiger partial charge in [-0.25, -0.2) is 4.79 Å². The van der Waals surface area contributed by atoms with Crippen molar-refractivity contribution in [3.63, 3.8) is 0 Å². The van der Waals surface area contributed by atoms with Crippen LogP contribution in [-0.2, 0) is 22.4 Å². The molecule has 1 aliphatic heterocycles. The van der Waals surface area contributed by atoms with E-state index in [-0.39, 0.29) is 25.1 Å². The van der Waals surface area contributed by atoms with E-state index in [2.05, 4.69) is 0 Å². The number of hydrogen-bond acceptors (Lipinski definition) is 5. The summed E-state index contributed by atoms with van der Waals surface area (Å²) in [4.78, 5) is 27.1. The number of nitrogens with zero attached hydrogens (tertiary/aromatic N) is 2. The SMILES string of the molecule is CC(C)N1[C@@H](Cc2ccccc2)COC(=O)N1C(=O)[C@@H](Cc1ccccc1)[C@H](O)c1ccccc1. The van der Waals surface area contributed by atoms with Crippen LogP contribution in [0.4, 0.5) is 4.79 Å². The second kappa shape index (κ2) is 11.3. The van der Waals surface area contributed by atoms with Crippen LogP contribution >= 0.6 is 0 Å². The smallest absolute Gasteiger partial charge is 0.431 e. The number of imide groups is 1. The van der Waals surface area contributed by atoms with E-state index in [0.717, 1.165) is 16.1 Å². The first-order chi connectivity index (χ1) is 17.0. The van der Waals surface area contributed by atoms with Gasteiger partial charge < -0.3 is 9.84 Å². The molecule has 0 bridgehead atoms. The standard InChI is InChI=1S/C29H32N2O4/c1-21(2)30-25(18-22-12-6-3-7-13-22)20-35-29(34)31(30)28(33)26(19-23-14-8-4-9-15-23)27(32)24-16-10-5-11-17-24/h3-17,21,25-27,32H,18-20H2,1-2H3/t25-,26-,27+/m0/s1. The Morgan fingerprint density at radius 1 is 0.914 bits per heavy atom. The second-order valence-corrected chi connectivity index (χ2v) is 9.20. The van der Waals surface area contributed by atoms with E-state index in [1.807, 2.05) is 97.7 Å². The number of aliphatic hydroxyl groups is 1. The van der Waals surface area contributed by atoms with E-state index in [0.29, 0.717) is 12.0 Å². The molecule has 182 valence electrons. The van der Waals surface area contributed by atoms with Gasteiger partial charge in [0.25, 0.3) is 5.91 Å². The molecule has 0 saturated carbocycles. The molecule has 4 rings (SSSR count). The minimum Gasteiger partial charge on any atom is -0.446 e. The minimum atomic E-state index is -1.08. The zero-order valence-electron chi connectivity index (χ0n) is 20.2. The monoisotopic (exact) mass is 472 g/mol. The van der Waals surface area contributed by atoms with Gasteiger partial charge in [0.1, 0.15) is 6.61 Å². The number of hydrogen-bond donors (Lipinski definition) is 1. The van der Waals surface area contributed by atoms with Crippen LogP contribution in [0, 0.1) is 5.92 Å². The van der Waals surface area contributed by atoms with E-state index in [4.69, 9.17) is 4.74 Å². The fraction of sp³-hybridized carbons (Fsp3) is 0.310. The molecule has 6 nitrogen and oxygen atoms in total. The Labute approximate surface area is 206 Å². The largest absolute Gasteiger partial charge is 0.446 e. The van der Waals surface area contributed by atoms with Gasteiger partial charge in [-0.2, -0.15) is 10.0 Å². The third kappa shape index (κ3) is 5.78. The normalized spacial score (nSPS) is 18.2. The molecule has 3 aromatic carbocycles. The summed E-state index contributed by atoms with van der Waals surface area (Å²) in [6.07, 6.45) is -0.873. The van der Waals surface area contributed by atoms with Crippen molar-refractivity contribution in [1.29, 1.82) is 0 Å². The number of carbonyl (C=O) groups is 2. The van der Waals surface area contributed by atoms with Gasteiger partial charge in [-0.1, -0.05) is 91.0 Å². The van der Waals surface area contributed by atoms with Gasteiger partial charge in [0.05, 0.1) is 18.1 Å². The Morgan fingerprint density at radius 2 is 1.46 bits per heavy atom. The second-order valence-electron chi connectivity index (χ2n) is 9.20. The number of rotatable bonds is 8. The molecule has 1 saturated heterocycles. The van der Waals surface area contributed by atoms with Crippen molar-refractivity contribution < 1.29 is 19.4 Å². The summed E-state index contributed by atoms with van der Waals surface area (Å²) in [5.74, 6) is -1.34. The topological polar surface area (TPSA) is 70.1 Å². The Morgan fingerprint density at radius 3 is 2.03 bits per heavy atom. The summed E-state index contributed by atoms with van der Waals surface area (Å²) >= 11 is 0. The summed E-state index contributed by atoms with van der Waals surface area (Å²) in [6, 6.07) is 28.3. The molecule has 0 unspecified atom stereocenters. The van der Waals surface area contributed by atoms with Gasteiger partial charge in [0.15, 0.2) is 0 Å². The molecular weight excluding hydrogens is 440 g/mol. The van der Waals surface area contributed by atoms with Crippen molar-refractivity contribution in [2.75, 3.05) is 6.61 Å². The van der Waals surface area contributed by atoms with Gasteiger partial charge in [-0.05, 0) is 43.4 Å². The number of cyclic esters (lactones) is 1. The van der Waals surface area contributed by atoms with Crippen molar-refractivity contribution in [2.45, 2.75) is 44.9 Å². The first kappa shape index (κ1) is 24.6. The lowest BCUT2D eigenvalue weighted by molar-refractivity contribution is -0.172.